The molecule has 0 saturated heterocycles. The first-order valence-corrected chi connectivity index (χ1v) is 9.12. The van der Waals surface area contributed by atoms with Crippen molar-refractivity contribution in [3.05, 3.63) is 77.9 Å². The molecule has 0 bridgehead atoms. The summed E-state index contributed by atoms with van der Waals surface area (Å²) in [6.45, 7) is 7.62. The van der Waals surface area contributed by atoms with Crippen LogP contribution in [-0.4, -0.2) is 36.3 Å². The van der Waals surface area contributed by atoms with Crippen molar-refractivity contribution >= 4 is 34.7 Å². The van der Waals surface area contributed by atoms with Crippen LogP contribution in [0.3, 0.4) is 0 Å². The van der Waals surface area contributed by atoms with Crippen molar-refractivity contribution in [2.24, 2.45) is 4.99 Å². The normalized spacial score (nSPS) is 11.1. The molecule has 2 heterocycles. The van der Waals surface area contributed by atoms with Crippen LogP contribution in [0, 0.1) is 13.8 Å². The van der Waals surface area contributed by atoms with Crippen LogP contribution in [0.15, 0.2) is 60.1 Å². The minimum absolute atomic E-state index is 0.706. The minimum atomic E-state index is 0.706. The van der Waals surface area contributed by atoms with Crippen LogP contribution in [0.1, 0.15) is 22.8 Å². The first-order chi connectivity index (χ1) is 13.1. The van der Waals surface area contributed by atoms with Gasteiger partial charge in [-0.3, -0.25) is 4.99 Å². The molecule has 2 aromatic carbocycles. The lowest BCUT2D eigenvalue weighted by Gasteiger charge is -2.04. The Balaban J connectivity index is 0.000000177. The number of hydrogen-bond acceptors (Lipinski definition) is 6. The summed E-state index contributed by atoms with van der Waals surface area (Å²) in [5.41, 5.74) is 5.07. The number of aromatic nitrogens is 5. The number of benzene rings is 2. The van der Waals surface area contributed by atoms with Gasteiger partial charge in [0.25, 0.3) is 0 Å². The molecule has 0 amide bonds. The van der Waals surface area contributed by atoms with Gasteiger partial charge in [-0.25, -0.2) is 9.67 Å². The van der Waals surface area contributed by atoms with E-state index in [1.54, 1.807) is 17.9 Å². The van der Waals surface area contributed by atoms with Crippen LogP contribution < -0.4 is 0 Å². The lowest BCUT2D eigenvalue weighted by molar-refractivity contribution is 0.904. The summed E-state index contributed by atoms with van der Waals surface area (Å²) in [6.07, 6.45) is 1.63. The molecule has 0 saturated carbocycles. The second kappa shape index (κ2) is 8.46. The molecular weight excluding hydrogens is 356 g/mol. The van der Waals surface area contributed by atoms with E-state index in [-0.39, 0.29) is 0 Å². The van der Waals surface area contributed by atoms with E-state index >= 15 is 0 Å². The van der Waals surface area contributed by atoms with Crippen molar-refractivity contribution in [2.45, 2.75) is 13.8 Å². The summed E-state index contributed by atoms with van der Waals surface area (Å²) in [4.78, 5) is 8.67. The number of aryl methyl sites for hydroxylation is 2. The molecule has 136 valence electrons. The largest absolute Gasteiger partial charge is 0.284 e. The van der Waals surface area contributed by atoms with Gasteiger partial charge in [0.15, 0.2) is 5.82 Å². The molecule has 0 N–H and O–H groups in total. The summed E-state index contributed by atoms with van der Waals surface area (Å²) in [7, 11) is 1.75. The molecule has 0 aliphatic rings. The van der Waals surface area contributed by atoms with Crippen molar-refractivity contribution in [3.8, 4) is 0 Å². The van der Waals surface area contributed by atoms with Gasteiger partial charge < -0.3 is 0 Å². The lowest BCUT2D eigenvalue weighted by Crippen LogP contribution is -2.10. The highest BCUT2D eigenvalue weighted by Crippen LogP contribution is 2.12. The molecule has 4 rings (SSSR count). The molecule has 2 aromatic heterocycles. The highest BCUT2D eigenvalue weighted by Gasteiger charge is 2.13. The Morgan fingerprint density at radius 1 is 1.07 bits per heavy atom. The van der Waals surface area contributed by atoms with Gasteiger partial charge in [-0.15, -0.1) is 0 Å². The van der Waals surface area contributed by atoms with E-state index in [1.807, 2.05) is 55.5 Å². The molecule has 0 fully saturated rings. The van der Waals surface area contributed by atoms with E-state index in [0.717, 1.165) is 22.3 Å². The zero-order valence-corrected chi connectivity index (χ0v) is 16.3. The molecule has 4 aromatic rings. The summed E-state index contributed by atoms with van der Waals surface area (Å²) >= 11 is 1.26. The van der Waals surface area contributed by atoms with Crippen molar-refractivity contribution < 1.29 is 0 Å². The zero-order valence-electron chi connectivity index (χ0n) is 15.5. The third-order valence-corrected chi connectivity index (χ3v) is 4.36. The standard InChI is InChI=1S/C13H14N4.C7H6N2S/c1-4-17-13(15-10(2)16-17)12(14-3)11-8-6-5-7-9-11;1-5-2-3-6-7(4-5)9-10-8-6/h4-9H,1H2,2-3H3;2-4H,1H3. The first kappa shape index (κ1) is 18.6. The van der Waals surface area contributed by atoms with Gasteiger partial charge in [0.2, 0.25) is 0 Å². The van der Waals surface area contributed by atoms with Gasteiger partial charge in [0, 0.05) is 18.8 Å². The Morgan fingerprint density at radius 2 is 1.81 bits per heavy atom. The van der Waals surface area contributed by atoms with Gasteiger partial charge in [-0.1, -0.05) is 43.0 Å². The molecule has 0 atom stereocenters. The monoisotopic (exact) mass is 376 g/mol. The first-order valence-electron chi connectivity index (χ1n) is 8.39. The smallest absolute Gasteiger partial charge is 0.181 e. The molecule has 0 unspecified atom stereocenters. The second-order valence-electron chi connectivity index (χ2n) is 5.80. The van der Waals surface area contributed by atoms with Crippen LogP contribution in [0.4, 0.5) is 0 Å². The Hall–Kier alpha value is -3.19. The average molecular weight is 376 g/mol. The molecule has 7 heteroatoms. The molecule has 27 heavy (non-hydrogen) atoms. The van der Waals surface area contributed by atoms with Gasteiger partial charge in [-0.05, 0) is 31.5 Å². The van der Waals surface area contributed by atoms with Crippen LogP contribution in [0.25, 0.3) is 17.2 Å². The molecular formula is C20H20N6S. The van der Waals surface area contributed by atoms with Gasteiger partial charge in [0.1, 0.15) is 22.6 Å². The van der Waals surface area contributed by atoms with Crippen molar-refractivity contribution in [3.63, 3.8) is 0 Å². The maximum Gasteiger partial charge on any atom is 0.181 e. The highest BCUT2D eigenvalue weighted by atomic mass is 32.1. The molecule has 0 aliphatic heterocycles. The third-order valence-electron chi connectivity index (χ3n) is 3.80. The van der Waals surface area contributed by atoms with E-state index < -0.39 is 0 Å². The summed E-state index contributed by atoms with van der Waals surface area (Å²) in [5.74, 6) is 1.42. The fraction of sp³-hybridized carbons (Fsp3) is 0.150. The van der Waals surface area contributed by atoms with E-state index in [2.05, 4.69) is 37.3 Å². The highest BCUT2D eigenvalue weighted by molar-refractivity contribution is 7.00. The predicted octanol–water partition coefficient (Wildman–Crippen LogP) is 4.15. The minimum Gasteiger partial charge on any atom is -0.284 e. The Bertz CT molecular complexity index is 1080. The van der Waals surface area contributed by atoms with Crippen LogP contribution in [0.5, 0.6) is 0 Å². The molecule has 0 spiro atoms. The summed E-state index contributed by atoms with van der Waals surface area (Å²) in [5, 5.41) is 4.23. The number of rotatable bonds is 3. The van der Waals surface area contributed by atoms with E-state index in [4.69, 9.17) is 0 Å². The van der Waals surface area contributed by atoms with Gasteiger partial charge >= 0.3 is 0 Å². The van der Waals surface area contributed by atoms with E-state index in [1.165, 1.54) is 17.3 Å². The number of aliphatic imine (C=N–C) groups is 1. The van der Waals surface area contributed by atoms with E-state index in [9.17, 15) is 0 Å². The molecule has 0 aliphatic carbocycles. The maximum atomic E-state index is 4.38. The average Bonchev–Trinajstić information content (AvgIpc) is 3.29. The lowest BCUT2D eigenvalue weighted by atomic mass is 10.1. The van der Waals surface area contributed by atoms with Crippen molar-refractivity contribution in [1.82, 2.24) is 23.5 Å². The third kappa shape index (κ3) is 4.32. The number of hydrogen-bond donors (Lipinski definition) is 0. The Morgan fingerprint density at radius 3 is 2.52 bits per heavy atom. The zero-order chi connectivity index (χ0) is 19.2. The maximum absolute atomic E-state index is 4.38. The fourth-order valence-electron chi connectivity index (χ4n) is 2.57. The predicted molar refractivity (Wildman–Crippen MR) is 111 cm³/mol. The fourth-order valence-corrected chi connectivity index (χ4v) is 3.08. The van der Waals surface area contributed by atoms with Crippen LogP contribution in [-0.2, 0) is 0 Å². The van der Waals surface area contributed by atoms with Crippen LogP contribution >= 0.6 is 11.7 Å². The second-order valence-corrected chi connectivity index (χ2v) is 6.33. The number of fused-ring (bicyclic) bond motifs is 1. The van der Waals surface area contributed by atoms with Gasteiger partial charge in [-0.2, -0.15) is 13.8 Å². The quantitative estimate of drug-likeness (QED) is 0.504. The Kier molecular flexibility index (Phi) is 5.83. The summed E-state index contributed by atoms with van der Waals surface area (Å²) in [6, 6.07) is 16.0. The van der Waals surface area contributed by atoms with Crippen molar-refractivity contribution in [2.75, 3.05) is 7.05 Å². The van der Waals surface area contributed by atoms with Crippen molar-refractivity contribution in [1.29, 1.82) is 0 Å². The van der Waals surface area contributed by atoms with E-state index in [0.29, 0.717) is 11.6 Å². The molecule has 6 nitrogen and oxygen atoms in total. The SMILES string of the molecule is C=Cn1nc(C)nc1C(=NC)c1ccccc1.Cc1ccc2nsnc2c1. The topological polar surface area (TPSA) is 68.8 Å². The number of nitrogens with zero attached hydrogens (tertiary/aromatic N) is 6. The summed E-state index contributed by atoms with van der Waals surface area (Å²) < 4.78 is 9.84. The van der Waals surface area contributed by atoms with Gasteiger partial charge in [0.05, 0.1) is 11.7 Å². The molecule has 0 radical (unpaired) electrons. The Labute approximate surface area is 162 Å². The van der Waals surface area contributed by atoms with Crippen LogP contribution in [0.2, 0.25) is 0 Å².